The van der Waals surface area contributed by atoms with Crippen LogP contribution in [-0.2, 0) is 11.3 Å². The van der Waals surface area contributed by atoms with Crippen molar-refractivity contribution in [1.29, 1.82) is 0 Å². The van der Waals surface area contributed by atoms with E-state index in [4.69, 9.17) is 9.47 Å². The average Bonchev–Trinajstić information content (AvgIpc) is 2.49. The third kappa shape index (κ3) is 3.93. The number of hydrogen-bond donors (Lipinski definition) is 0. The molecule has 1 heterocycles. The van der Waals surface area contributed by atoms with E-state index >= 15 is 0 Å². The quantitative estimate of drug-likeness (QED) is 0.793. The van der Waals surface area contributed by atoms with Crippen LogP contribution in [0.5, 0.6) is 5.75 Å². The molecule has 0 aliphatic rings. The maximum atomic E-state index is 5.65. The van der Waals surface area contributed by atoms with Gasteiger partial charge < -0.3 is 9.47 Å². The lowest BCUT2D eigenvalue weighted by atomic mass is 10.1. The number of aromatic nitrogens is 1. The van der Waals surface area contributed by atoms with Crippen molar-refractivity contribution in [3.8, 4) is 5.75 Å². The minimum absolute atomic E-state index is 0.510. The van der Waals surface area contributed by atoms with Crippen molar-refractivity contribution in [3.63, 3.8) is 0 Å². The van der Waals surface area contributed by atoms with E-state index < -0.39 is 0 Å². The van der Waals surface area contributed by atoms with E-state index in [1.165, 1.54) is 0 Å². The Morgan fingerprint density at radius 1 is 1.11 bits per heavy atom. The number of hydrogen-bond acceptors (Lipinski definition) is 3. The molecule has 3 heteroatoms. The minimum atomic E-state index is 0.510. The summed E-state index contributed by atoms with van der Waals surface area (Å²) < 4.78 is 10.8. The summed E-state index contributed by atoms with van der Waals surface area (Å²) in [4.78, 5) is 3.98. The number of methoxy groups -OCH3 is 1. The lowest BCUT2D eigenvalue weighted by Gasteiger charge is -2.08. The first-order chi connectivity index (χ1) is 9.29. The third-order valence-corrected chi connectivity index (χ3v) is 2.79. The molecule has 0 atom stereocenters. The minimum Gasteiger partial charge on any atom is -0.497 e. The van der Waals surface area contributed by atoms with Gasteiger partial charge >= 0.3 is 0 Å². The number of ether oxygens (including phenoxy) is 2. The van der Waals surface area contributed by atoms with Gasteiger partial charge in [0.05, 0.1) is 20.3 Å². The van der Waals surface area contributed by atoms with E-state index in [2.05, 4.69) is 11.6 Å². The largest absolute Gasteiger partial charge is 0.497 e. The van der Waals surface area contributed by atoms with Crippen LogP contribution in [0.1, 0.15) is 11.1 Å². The molecule has 0 bridgehead atoms. The Balaban J connectivity index is 1.81. The van der Waals surface area contributed by atoms with Gasteiger partial charge in [0.2, 0.25) is 0 Å². The molecule has 0 saturated heterocycles. The lowest BCUT2D eigenvalue weighted by Crippen LogP contribution is -1.98. The first-order valence-electron chi connectivity index (χ1n) is 6.08. The van der Waals surface area contributed by atoms with E-state index in [9.17, 15) is 0 Å². The molecule has 3 nitrogen and oxygen atoms in total. The van der Waals surface area contributed by atoms with Gasteiger partial charge in [-0.3, -0.25) is 4.98 Å². The SMILES string of the molecule is C=C(COCc1ccc(OC)cc1)c1ccncc1. The number of pyridine rings is 1. The third-order valence-electron chi connectivity index (χ3n) is 2.79. The molecule has 19 heavy (non-hydrogen) atoms. The monoisotopic (exact) mass is 255 g/mol. The molecule has 0 saturated carbocycles. The summed E-state index contributed by atoms with van der Waals surface area (Å²) in [6, 6.07) is 11.7. The highest BCUT2D eigenvalue weighted by Gasteiger charge is 1.99. The van der Waals surface area contributed by atoms with Crippen LogP contribution in [0, 0.1) is 0 Å². The highest BCUT2D eigenvalue weighted by Crippen LogP contribution is 2.14. The highest BCUT2D eigenvalue weighted by molar-refractivity contribution is 5.63. The van der Waals surface area contributed by atoms with Crippen LogP contribution in [0.4, 0.5) is 0 Å². The van der Waals surface area contributed by atoms with Gasteiger partial charge in [0.25, 0.3) is 0 Å². The summed E-state index contributed by atoms with van der Waals surface area (Å²) in [6.45, 7) is 5.08. The molecule has 98 valence electrons. The van der Waals surface area contributed by atoms with Gasteiger partial charge in [0.15, 0.2) is 0 Å². The maximum absolute atomic E-state index is 5.65. The van der Waals surface area contributed by atoms with Crippen molar-refractivity contribution in [2.45, 2.75) is 6.61 Å². The fourth-order valence-electron chi connectivity index (χ4n) is 1.68. The zero-order chi connectivity index (χ0) is 13.5. The maximum Gasteiger partial charge on any atom is 0.118 e. The highest BCUT2D eigenvalue weighted by atomic mass is 16.5. The standard InChI is InChI=1S/C16H17NO2/c1-13(15-7-9-17-10-8-15)11-19-12-14-3-5-16(18-2)6-4-14/h3-10H,1,11-12H2,2H3. The van der Waals surface area contributed by atoms with E-state index in [1.807, 2.05) is 36.4 Å². The van der Waals surface area contributed by atoms with E-state index in [0.29, 0.717) is 13.2 Å². The first kappa shape index (κ1) is 13.3. The molecule has 0 N–H and O–H groups in total. The topological polar surface area (TPSA) is 31.4 Å². The molecule has 2 aromatic rings. The van der Waals surface area contributed by atoms with E-state index in [1.54, 1.807) is 19.5 Å². The Morgan fingerprint density at radius 2 is 1.79 bits per heavy atom. The summed E-state index contributed by atoms with van der Waals surface area (Å²) in [5, 5.41) is 0. The molecule has 0 aliphatic carbocycles. The fourth-order valence-corrected chi connectivity index (χ4v) is 1.68. The summed E-state index contributed by atoms with van der Waals surface area (Å²) in [5.41, 5.74) is 3.13. The molecular weight excluding hydrogens is 238 g/mol. The Kier molecular flexibility index (Phi) is 4.70. The number of benzene rings is 1. The van der Waals surface area contributed by atoms with Gasteiger partial charge in [-0.15, -0.1) is 0 Å². The van der Waals surface area contributed by atoms with Crippen molar-refractivity contribution in [3.05, 3.63) is 66.5 Å². The number of rotatable bonds is 6. The molecule has 2 rings (SSSR count). The predicted molar refractivity (Wildman–Crippen MR) is 75.9 cm³/mol. The summed E-state index contributed by atoms with van der Waals surface area (Å²) in [7, 11) is 1.66. The van der Waals surface area contributed by atoms with Crippen molar-refractivity contribution >= 4 is 5.57 Å². The van der Waals surface area contributed by atoms with Crippen molar-refractivity contribution in [1.82, 2.24) is 4.98 Å². The fraction of sp³-hybridized carbons (Fsp3) is 0.188. The average molecular weight is 255 g/mol. The van der Waals surface area contributed by atoms with Gasteiger partial charge in [-0.2, -0.15) is 0 Å². The zero-order valence-electron chi connectivity index (χ0n) is 11.0. The predicted octanol–water partition coefficient (Wildman–Crippen LogP) is 3.32. The van der Waals surface area contributed by atoms with Crippen molar-refractivity contribution in [2.75, 3.05) is 13.7 Å². The zero-order valence-corrected chi connectivity index (χ0v) is 11.0. The lowest BCUT2D eigenvalue weighted by molar-refractivity contribution is 0.153. The summed E-state index contributed by atoms with van der Waals surface area (Å²) >= 11 is 0. The first-order valence-corrected chi connectivity index (χ1v) is 6.08. The van der Waals surface area contributed by atoms with Crippen LogP contribution in [0.3, 0.4) is 0 Å². The van der Waals surface area contributed by atoms with Crippen LogP contribution in [-0.4, -0.2) is 18.7 Å². The number of nitrogens with zero attached hydrogens (tertiary/aromatic N) is 1. The van der Waals surface area contributed by atoms with Gasteiger partial charge in [-0.1, -0.05) is 18.7 Å². The molecule has 0 radical (unpaired) electrons. The second-order valence-electron chi connectivity index (χ2n) is 4.18. The molecule has 1 aromatic carbocycles. The smallest absolute Gasteiger partial charge is 0.118 e. The molecule has 0 amide bonds. The van der Waals surface area contributed by atoms with Crippen LogP contribution < -0.4 is 4.74 Å². The second kappa shape index (κ2) is 6.71. The van der Waals surface area contributed by atoms with E-state index in [0.717, 1.165) is 22.4 Å². The van der Waals surface area contributed by atoms with E-state index in [-0.39, 0.29) is 0 Å². The molecular formula is C16H17NO2. The van der Waals surface area contributed by atoms with Gasteiger partial charge in [0, 0.05) is 12.4 Å². The van der Waals surface area contributed by atoms with Crippen molar-refractivity contribution in [2.24, 2.45) is 0 Å². The Hall–Kier alpha value is -2.13. The van der Waals surface area contributed by atoms with Crippen LogP contribution in [0.15, 0.2) is 55.4 Å². The van der Waals surface area contributed by atoms with Crippen LogP contribution in [0.25, 0.3) is 5.57 Å². The summed E-state index contributed by atoms with van der Waals surface area (Å²) in [5.74, 6) is 0.852. The second-order valence-corrected chi connectivity index (χ2v) is 4.18. The van der Waals surface area contributed by atoms with Crippen molar-refractivity contribution < 1.29 is 9.47 Å². The Bertz CT molecular complexity index is 520. The van der Waals surface area contributed by atoms with Crippen LogP contribution in [0.2, 0.25) is 0 Å². The van der Waals surface area contributed by atoms with Crippen LogP contribution >= 0.6 is 0 Å². The van der Waals surface area contributed by atoms with Gasteiger partial charge in [-0.05, 0) is 41.0 Å². The summed E-state index contributed by atoms with van der Waals surface area (Å²) in [6.07, 6.45) is 3.51. The van der Waals surface area contributed by atoms with Gasteiger partial charge in [0.1, 0.15) is 5.75 Å². The van der Waals surface area contributed by atoms with Gasteiger partial charge in [-0.25, -0.2) is 0 Å². The Morgan fingerprint density at radius 3 is 2.42 bits per heavy atom. The Labute approximate surface area is 113 Å². The molecule has 0 fully saturated rings. The molecule has 0 unspecified atom stereocenters. The molecule has 1 aromatic heterocycles. The molecule has 0 spiro atoms. The normalized spacial score (nSPS) is 10.2. The molecule has 0 aliphatic heterocycles.